The van der Waals surface area contributed by atoms with Crippen molar-refractivity contribution in [3.63, 3.8) is 0 Å². The van der Waals surface area contributed by atoms with Crippen LogP contribution in [0.5, 0.6) is 0 Å². The van der Waals surface area contributed by atoms with Crippen LogP contribution in [0.2, 0.25) is 0 Å². The number of nitrogens with one attached hydrogen (secondary N) is 2. The minimum atomic E-state index is -0.659. The molecule has 2 amide bonds. The predicted molar refractivity (Wildman–Crippen MR) is 111 cm³/mol. The van der Waals surface area contributed by atoms with Gasteiger partial charge >= 0.3 is 12.0 Å². The fraction of sp³-hybridized carbons (Fsp3) is 0.500. The van der Waals surface area contributed by atoms with Crippen molar-refractivity contribution >= 4 is 29.4 Å². The molecular formula is C20H29N3O3S. The number of hydrogen-bond donors (Lipinski definition) is 2. The summed E-state index contributed by atoms with van der Waals surface area (Å²) in [7, 11) is 0. The summed E-state index contributed by atoms with van der Waals surface area (Å²) in [6, 6.07) is 7.07. The van der Waals surface area contributed by atoms with Gasteiger partial charge in [-0.1, -0.05) is 25.6 Å². The largest absolute Gasteiger partial charge is 0.464 e. The lowest BCUT2D eigenvalue weighted by molar-refractivity contribution is -0.147. The Balaban J connectivity index is 2.18. The number of carbonyl (C=O) groups excluding carboxylic acids is 2. The van der Waals surface area contributed by atoms with Crippen LogP contribution in [-0.2, 0) is 9.53 Å². The highest BCUT2D eigenvalue weighted by Gasteiger charge is 2.38. The summed E-state index contributed by atoms with van der Waals surface area (Å²) in [6.07, 6.45) is 0. The molecule has 6 nitrogen and oxygen atoms in total. The number of nitrogens with zero attached hydrogens (tertiary/aromatic N) is 1. The third-order valence-corrected chi connectivity index (χ3v) is 5.44. The number of thioether (sulfide) groups is 1. The van der Waals surface area contributed by atoms with Crippen LogP contribution in [0.1, 0.15) is 32.4 Å². The van der Waals surface area contributed by atoms with Crippen LogP contribution in [0.25, 0.3) is 0 Å². The summed E-state index contributed by atoms with van der Waals surface area (Å²) in [4.78, 5) is 26.8. The molecular weight excluding hydrogens is 362 g/mol. The van der Waals surface area contributed by atoms with Crippen molar-refractivity contribution in [1.29, 1.82) is 0 Å². The van der Waals surface area contributed by atoms with Gasteiger partial charge in [-0.15, -0.1) is 0 Å². The van der Waals surface area contributed by atoms with Crippen LogP contribution in [0.3, 0.4) is 0 Å². The van der Waals surface area contributed by atoms with Gasteiger partial charge < -0.3 is 20.3 Å². The minimum Gasteiger partial charge on any atom is -0.464 e. The molecule has 0 saturated carbocycles. The van der Waals surface area contributed by atoms with Crippen molar-refractivity contribution in [3.05, 3.63) is 42.1 Å². The number of carbonyl (C=O) groups is 2. The van der Waals surface area contributed by atoms with E-state index in [4.69, 9.17) is 4.74 Å². The van der Waals surface area contributed by atoms with Crippen molar-refractivity contribution in [2.75, 3.05) is 36.1 Å². The van der Waals surface area contributed by atoms with Crippen LogP contribution >= 0.6 is 11.8 Å². The van der Waals surface area contributed by atoms with Gasteiger partial charge in [-0.25, -0.2) is 4.79 Å². The first kappa shape index (κ1) is 21.2. The van der Waals surface area contributed by atoms with Crippen LogP contribution in [0, 0.1) is 5.92 Å². The number of benzene rings is 1. The fourth-order valence-corrected chi connectivity index (χ4v) is 3.65. The lowest BCUT2D eigenvalue weighted by Crippen LogP contribution is -2.51. The Morgan fingerprint density at radius 3 is 2.48 bits per heavy atom. The Labute approximate surface area is 165 Å². The summed E-state index contributed by atoms with van der Waals surface area (Å²) < 4.78 is 5.42. The van der Waals surface area contributed by atoms with E-state index in [0.29, 0.717) is 12.3 Å². The molecule has 0 aliphatic carbocycles. The Morgan fingerprint density at radius 1 is 1.22 bits per heavy atom. The van der Waals surface area contributed by atoms with Gasteiger partial charge in [0, 0.05) is 30.2 Å². The van der Waals surface area contributed by atoms with Gasteiger partial charge in [-0.3, -0.25) is 4.79 Å². The van der Waals surface area contributed by atoms with E-state index in [1.807, 2.05) is 24.3 Å². The van der Waals surface area contributed by atoms with E-state index >= 15 is 0 Å². The van der Waals surface area contributed by atoms with Gasteiger partial charge in [0.2, 0.25) is 0 Å². The van der Waals surface area contributed by atoms with Crippen molar-refractivity contribution in [2.24, 2.45) is 5.92 Å². The number of ether oxygens (including phenoxy) is 1. The molecule has 1 saturated heterocycles. The maximum Gasteiger partial charge on any atom is 0.319 e. The summed E-state index contributed by atoms with van der Waals surface area (Å²) in [6.45, 7) is 12.3. The van der Waals surface area contributed by atoms with Crippen molar-refractivity contribution in [2.45, 2.75) is 26.8 Å². The highest BCUT2D eigenvalue weighted by atomic mass is 32.2. The Bertz CT molecular complexity index is 659. The molecule has 1 heterocycles. The van der Waals surface area contributed by atoms with Gasteiger partial charge in [0.15, 0.2) is 0 Å². The van der Waals surface area contributed by atoms with E-state index in [9.17, 15) is 9.59 Å². The number of esters is 1. The third kappa shape index (κ3) is 5.42. The molecule has 1 aromatic carbocycles. The molecule has 0 bridgehead atoms. The Hall–Kier alpha value is -2.15. The monoisotopic (exact) mass is 391 g/mol. The summed E-state index contributed by atoms with van der Waals surface area (Å²) in [5.74, 6) is 0.702. The number of hydrogen-bond acceptors (Lipinski definition) is 5. The first-order valence-electron chi connectivity index (χ1n) is 9.37. The zero-order valence-corrected chi connectivity index (χ0v) is 17.1. The van der Waals surface area contributed by atoms with Gasteiger partial charge in [0.05, 0.1) is 6.04 Å². The first-order chi connectivity index (χ1) is 13.0. The maximum absolute atomic E-state index is 12.6. The van der Waals surface area contributed by atoms with Crippen molar-refractivity contribution in [1.82, 2.24) is 10.6 Å². The molecule has 0 unspecified atom stereocenters. The third-order valence-electron chi connectivity index (χ3n) is 4.58. The maximum atomic E-state index is 12.6. The quantitative estimate of drug-likeness (QED) is 0.499. The van der Waals surface area contributed by atoms with Gasteiger partial charge in [0.25, 0.3) is 0 Å². The van der Waals surface area contributed by atoms with Gasteiger partial charge in [0.1, 0.15) is 12.5 Å². The van der Waals surface area contributed by atoms with E-state index in [2.05, 4.69) is 42.9 Å². The summed E-state index contributed by atoms with van der Waals surface area (Å²) >= 11 is 1.71. The molecule has 0 aromatic heterocycles. The molecule has 1 aliphatic heterocycles. The Morgan fingerprint density at radius 2 is 1.89 bits per heavy atom. The van der Waals surface area contributed by atoms with Gasteiger partial charge in [-0.2, -0.15) is 11.8 Å². The highest BCUT2D eigenvalue weighted by Crippen LogP contribution is 2.31. The molecule has 148 valence electrons. The number of amides is 2. The molecule has 27 heavy (non-hydrogen) atoms. The summed E-state index contributed by atoms with van der Waals surface area (Å²) in [5.41, 5.74) is 2.33. The normalized spacial score (nSPS) is 19.2. The molecule has 2 N–H and O–H groups in total. The van der Waals surface area contributed by atoms with Crippen LogP contribution in [-0.4, -0.2) is 43.2 Å². The lowest BCUT2D eigenvalue weighted by Gasteiger charge is -2.33. The lowest BCUT2D eigenvalue weighted by atomic mass is 9.89. The molecule has 1 aliphatic rings. The van der Waals surface area contributed by atoms with Crippen LogP contribution < -0.4 is 15.5 Å². The van der Waals surface area contributed by atoms with E-state index in [-0.39, 0.29) is 12.0 Å². The van der Waals surface area contributed by atoms with Crippen molar-refractivity contribution in [3.8, 4) is 0 Å². The van der Waals surface area contributed by atoms with E-state index in [1.54, 1.807) is 11.8 Å². The first-order valence-corrected chi connectivity index (χ1v) is 10.5. The minimum absolute atomic E-state index is 0.350. The van der Waals surface area contributed by atoms with E-state index < -0.39 is 12.0 Å². The second-order valence-electron chi connectivity index (χ2n) is 6.21. The highest BCUT2D eigenvalue weighted by molar-refractivity contribution is 7.99. The molecule has 0 spiro atoms. The number of rotatable bonds is 9. The fourth-order valence-electron chi connectivity index (χ4n) is 3.16. The van der Waals surface area contributed by atoms with Crippen molar-refractivity contribution < 1.29 is 14.3 Å². The zero-order valence-electron chi connectivity index (χ0n) is 16.3. The SMILES string of the molecule is C=C1NC(=O)N[C@@H](c2ccc(N(CC)CC)cc2)[C@@H]1C(=O)OCCSCC. The number of anilines is 1. The van der Waals surface area contributed by atoms with E-state index in [0.717, 1.165) is 35.8 Å². The zero-order chi connectivity index (χ0) is 19.8. The molecule has 0 radical (unpaired) electrons. The Kier molecular flexibility index (Phi) is 8.03. The van der Waals surface area contributed by atoms with E-state index in [1.165, 1.54) is 0 Å². The smallest absolute Gasteiger partial charge is 0.319 e. The predicted octanol–water partition coefficient (Wildman–Crippen LogP) is 3.31. The standard InChI is InChI=1S/C20H29N3O3S/c1-5-23(6-2)16-10-8-15(9-11-16)18-17(14(4)21-20(25)22-18)19(24)26-12-13-27-7-3/h8-11,17-18H,4-7,12-13H2,1-3H3,(H2,21,22,25)/t17-,18+/m1/s1. The van der Waals surface area contributed by atoms with Crippen LogP contribution in [0.4, 0.5) is 10.5 Å². The average Bonchev–Trinajstić information content (AvgIpc) is 2.66. The van der Waals surface area contributed by atoms with Crippen LogP contribution in [0.15, 0.2) is 36.5 Å². The molecule has 1 aromatic rings. The summed E-state index contributed by atoms with van der Waals surface area (Å²) in [5, 5.41) is 5.44. The molecule has 7 heteroatoms. The topological polar surface area (TPSA) is 70.7 Å². The average molecular weight is 392 g/mol. The molecule has 2 atom stereocenters. The second kappa shape index (κ2) is 10.3. The molecule has 2 rings (SSSR count). The number of urea groups is 1. The van der Waals surface area contributed by atoms with Gasteiger partial charge in [-0.05, 0) is 37.3 Å². The second-order valence-corrected chi connectivity index (χ2v) is 7.60. The molecule has 1 fully saturated rings.